The third-order valence-electron chi connectivity index (χ3n) is 5.70. The Hall–Kier alpha value is -1.86. The molecule has 2 aliphatic heterocycles. The first-order valence-corrected chi connectivity index (χ1v) is 9.39. The van der Waals surface area contributed by atoms with Crippen molar-refractivity contribution in [3.63, 3.8) is 0 Å². The number of alkyl halides is 3. The van der Waals surface area contributed by atoms with E-state index in [1.807, 2.05) is 6.20 Å². The third-order valence-corrected chi connectivity index (χ3v) is 5.70. The molecule has 4 rings (SSSR count). The maximum absolute atomic E-state index is 12.8. The molecular weight excluding hydrogens is 355 g/mol. The highest BCUT2D eigenvalue weighted by molar-refractivity contribution is 5.56. The summed E-state index contributed by atoms with van der Waals surface area (Å²) in [6.45, 7) is 6.95. The molecule has 0 bridgehead atoms. The fraction of sp³-hybridized carbons (Fsp3) is 0.550. The Morgan fingerprint density at radius 3 is 2.52 bits per heavy atom. The van der Waals surface area contributed by atoms with Crippen LogP contribution in [-0.4, -0.2) is 46.3 Å². The number of morpholine rings is 1. The Morgan fingerprint density at radius 1 is 1.11 bits per heavy atom. The summed E-state index contributed by atoms with van der Waals surface area (Å²) in [4.78, 5) is 6.90. The topological polar surface area (TPSA) is 30.3 Å². The van der Waals surface area contributed by atoms with Crippen molar-refractivity contribution in [1.29, 1.82) is 0 Å². The van der Waals surface area contributed by atoms with Gasteiger partial charge < -0.3 is 9.30 Å². The zero-order valence-electron chi connectivity index (χ0n) is 15.5. The van der Waals surface area contributed by atoms with Crippen molar-refractivity contribution in [3.8, 4) is 11.4 Å². The molecule has 0 radical (unpaired) electrons. The smallest absolute Gasteiger partial charge is 0.375 e. The molecule has 3 atom stereocenters. The summed E-state index contributed by atoms with van der Waals surface area (Å²) in [7, 11) is 0. The van der Waals surface area contributed by atoms with Gasteiger partial charge in [0.2, 0.25) is 0 Å². The Morgan fingerprint density at radius 2 is 1.85 bits per heavy atom. The van der Waals surface area contributed by atoms with E-state index >= 15 is 0 Å². The number of nitrogens with zero attached hydrogens (tertiary/aromatic N) is 3. The van der Waals surface area contributed by atoms with Crippen LogP contribution in [-0.2, 0) is 10.9 Å². The van der Waals surface area contributed by atoms with Gasteiger partial charge in [-0.1, -0.05) is 26.0 Å². The predicted octanol–water partition coefficient (Wildman–Crippen LogP) is 4.24. The lowest BCUT2D eigenvalue weighted by Crippen LogP contribution is -2.47. The molecule has 0 amide bonds. The van der Waals surface area contributed by atoms with E-state index in [9.17, 15) is 13.2 Å². The summed E-state index contributed by atoms with van der Waals surface area (Å²) in [5.41, 5.74) is 0.0633. The number of benzene rings is 1. The molecule has 27 heavy (non-hydrogen) atoms. The van der Waals surface area contributed by atoms with E-state index in [-0.39, 0.29) is 12.1 Å². The van der Waals surface area contributed by atoms with Crippen LogP contribution in [0.15, 0.2) is 36.7 Å². The van der Waals surface area contributed by atoms with Gasteiger partial charge in [-0.15, -0.1) is 0 Å². The average molecular weight is 379 g/mol. The van der Waals surface area contributed by atoms with Gasteiger partial charge in [0.15, 0.2) is 0 Å². The van der Waals surface area contributed by atoms with Crippen LogP contribution in [0.25, 0.3) is 11.4 Å². The van der Waals surface area contributed by atoms with Gasteiger partial charge in [0, 0.05) is 43.1 Å². The van der Waals surface area contributed by atoms with Gasteiger partial charge in [-0.3, -0.25) is 4.90 Å². The molecule has 1 aromatic carbocycles. The van der Waals surface area contributed by atoms with Gasteiger partial charge in [0.05, 0.1) is 18.3 Å². The molecule has 0 spiro atoms. The highest BCUT2D eigenvalue weighted by Gasteiger charge is 2.39. The SMILES string of the molecule is CC(C)[C@@H]1CN2C[C@H](n3ccnc3-c3ccc(C(F)(F)F)cc3)C[C@H]2CO1. The van der Waals surface area contributed by atoms with Gasteiger partial charge in [-0.2, -0.15) is 13.2 Å². The molecule has 2 aliphatic rings. The van der Waals surface area contributed by atoms with E-state index < -0.39 is 11.7 Å². The van der Waals surface area contributed by atoms with Crippen molar-refractivity contribution in [3.05, 3.63) is 42.2 Å². The minimum atomic E-state index is -4.32. The molecule has 0 aliphatic carbocycles. The van der Waals surface area contributed by atoms with Crippen LogP contribution < -0.4 is 0 Å². The molecule has 146 valence electrons. The number of ether oxygens (including phenoxy) is 1. The third kappa shape index (κ3) is 3.62. The molecule has 0 N–H and O–H groups in total. The number of halogens is 3. The molecule has 4 nitrogen and oxygen atoms in total. The van der Waals surface area contributed by atoms with E-state index in [0.717, 1.165) is 44.1 Å². The second kappa shape index (κ2) is 6.95. The van der Waals surface area contributed by atoms with Crippen molar-refractivity contribution < 1.29 is 17.9 Å². The van der Waals surface area contributed by atoms with Crippen LogP contribution in [0.4, 0.5) is 13.2 Å². The minimum absolute atomic E-state index is 0.254. The van der Waals surface area contributed by atoms with E-state index in [2.05, 4.69) is 28.3 Å². The summed E-state index contributed by atoms with van der Waals surface area (Å²) >= 11 is 0. The Kier molecular flexibility index (Phi) is 4.76. The van der Waals surface area contributed by atoms with Gasteiger partial charge in [-0.25, -0.2) is 4.98 Å². The van der Waals surface area contributed by atoms with Gasteiger partial charge in [0.1, 0.15) is 5.82 Å². The quantitative estimate of drug-likeness (QED) is 0.799. The van der Waals surface area contributed by atoms with Crippen LogP contribution in [0.5, 0.6) is 0 Å². The van der Waals surface area contributed by atoms with Crippen LogP contribution in [0.2, 0.25) is 0 Å². The Bertz CT molecular complexity index is 785. The maximum atomic E-state index is 12.8. The van der Waals surface area contributed by atoms with E-state index in [1.165, 1.54) is 12.1 Å². The summed E-state index contributed by atoms with van der Waals surface area (Å²) < 4.78 is 46.5. The zero-order valence-corrected chi connectivity index (χ0v) is 15.5. The first-order valence-electron chi connectivity index (χ1n) is 9.39. The van der Waals surface area contributed by atoms with E-state index in [1.54, 1.807) is 6.20 Å². The van der Waals surface area contributed by atoms with E-state index in [0.29, 0.717) is 17.5 Å². The Labute approximate surface area is 156 Å². The summed E-state index contributed by atoms with van der Waals surface area (Å²) in [6.07, 6.45) is 0.552. The molecule has 3 heterocycles. The number of fused-ring (bicyclic) bond motifs is 1. The number of aromatic nitrogens is 2. The summed E-state index contributed by atoms with van der Waals surface area (Å²) in [6, 6.07) is 5.89. The second-order valence-corrected chi connectivity index (χ2v) is 7.85. The van der Waals surface area contributed by atoms with Crippen LogP contribution >= 0.6 is 0 Å². The van der Waals surface area contributed by atoms with Crippen molar-refractivity contribution in [2.45, 2.75) is 44.6 Å². The number of imidazole rings is 1. The highest BCUT2D eigenvalue weighted by Crippen LogP contribution is 2.35. The van der Waals surface area contributed by atoms with Gasteiger partial charge >= 0.3 is 6.18 Å². The first kappa shape index (κ1) is 18.5. The van der Waals surface area contributed by atoms with Crippen molar-refractivity contribution in [1.82, 2.24) is 14.5 Å². The molecule has 0 unspecified atom stereocenters. The average Bonchev–Trinajstić information content (AvgIpc) is 3.26. The highest BCUT2D eigenvalue weighted by atomic mass is 19.4. The van der Waals surface area contributed by atoms with Crippen molar-refractivity contribution >= 4 is 0 Å². The van der Waals surface area contributed by atoms with Gasteiger partial charge in [0.25, 0.3) is 0 Å². The number of hydrogen-bond donors (Lipinski definition) is 0. The Balaban J connectivity index is 1.53. The molecule has 1 aromatic heterocycles. The van der Waals surface area contributed by atoms with E-state index in [4.69, 9.17) is 4.74 Å². The summed E-state index contributed by atoms with van der Waals surface area (Å²) in [5.74, 6) is 1.20. The lowest BCUT2D eigenvalue weighted by molar-refractivity contribution is -0.137. The van der Waals surface area contributed by atoms with Crippen molar-refractivity contribution in [2.24, 2.45) is 5.92 Å². The molecular formula is C20H24F3N3O. The van der Waals surface area contributed by atoms with Gasteiger partial charge in [-0.05, 0) is 24.5 Å². The molecule has 2 saturated heterocycles. The molecule has 2 aromatic rings. The van der Waals surface area contributed by atoms with Crippen LogP contribution in [0.1, 0.15) is 31.9 Å². The largest absolute Gasteiger partial charge is 0.416 e. The normalized spacial score (nSPS) is 26.5. The molecule has 0 saturated carbocycles. The number of rotatable bonds is 3. The van der Waals surface area contributed by atoms with Crippen molar-refractivity contribution in [2.75, 3.05) is 19.7 Å². The lowest BCUT2D eigenvalue weighted by Gasteiger charge is -2.36. The molecule has 7 heteroatoms. The fourth-order valence-corrected chi connectivity index (χ4v) is 4.12. The standard InChI is InChI=1S/C20H24F3N3O/c1-13(2)18-11-25-10-16(9-17(25)12-27-18)26-8-7-24-19(26)14-3-5-15(6-4-14)20(21,22)23/h3-8,13,16-18H,9-12H2,1-2H3/t16-,17+,18+/m1/s1. The second-order valence-electron chi connectivity index (χ2n) is 7.85. The first-order chi connectivity index (χ1) is 12.8. The predicted molar refractivity (Wildman–Crippen MR) is 96.3 cm³/mol. The molecule has 2 fully saturated rings. The fourth-order valence-electron chi connectivity index (χ4n) is 4.12. The monoisotopic (exact) mass is 379 g/mol. The number of hydrogen-bond acceptors (Lipinski definition) is 3. The zero-order chi connectivity index (χ0) is 19.2. The van der Waals surface area contributed by atoms with Crippen LogP contribution in [0.3, 0.4) is 0 Å². The maximum Gasteiger partial charge on any atom is 0.416 e. The summed E-state index contributed by atoms with van der Waals surface area (Å²) in [5, 5.41) is 0. The van der Waals surface area contributed by atoms with Crippen LogP contribution in [0, 0.1) is 5.92 Å². The lowest BCUT2D eigenvalue weighted by atomic mass is 10.0. The minimum Gasteiger partial charge on any atom is -0.375 e.